The lowest BCUT2D eigenvalue weighted by Gasteiger charge is -2.17. The maximum absolute atomic E-state index is 12.5. The molecule has 0 saturated carbocycles. The number of carbonyl (C=O) groups is 2. The van der Waals surface area contributed by atoms with Crippen LogP contribution in [0.4, 0.5) is 0 Å². The van der Waals surface area contributed by atoms with Gasteiger partial charge in [-0.2, -0.15) is 0 Å². The van der Waals surface area contributed by atoms with Gasteiger partial charge in [0.25, 0.3) is 5.91 Å². The molecular weight excluding hydrogens is 328 g/mol. The van der Waals surface area contributed by atoms with E-state index >= 15 is 0 Å². The molecule has 0 heterocycles. The molecule has 2 aromatic carbocycles. The summed E-state index contributed by atoms with van der Waals surface area (Å²) in [5.74, 6) is 4.91. The Kier molecular flexibility index (Phi) is 6.16. The third-order valence-corrected chi connectivity index (χ3v) is 3.58. The highest BCUT2D eigenvalue weighted by atomic mass is 16.3. The molecule has 2 aromatic rings. The van der Waals surface area contributed by atoms with Crippen molar-refractivity contribution in [2.45, 2.75) is 25.5 Å². The zero-order valence-corrected chi connectivity index (χ0v) is 15.0. The highest BCUT2D eigenvalue weighted by Crippen LogP contribution is 2.14. The van der Waals surface area contributed by atoms with Gasteiger partial charge in [0.05, 0.1) is 0 Å². The van der Waals surface area contributed by atoms with E-state index in [0.717, 1.165) is 0 Å². The monoisotopic (exact) mass is 350 g/mol. The van der Waals surface area contributed by atoms with Crippen molar-refractivity contribution < 1.29 is 14.7 Å². The fourth-order valence-electron chi connectivity index (χ4n) is 2.23. The van der Waals surface area contributed by atoms with Crippen molar-refractivity contribution in [3.05, 3.63) is 71.3 Å². The SMILES string of the molecule is CNC(=O)[C@@H](NC(=O)c1ccc(C#CC(C)(C)O)cc1)c1ccccc1. The van der Waals surface area contributed by atoms with E-state index in [1.807, 2.05) is 18.2 Å². The second kappa shape index (κ2) is 8.32. The summed E-state index contributed by atoms with van der Waals surface area (Å²) < 4.78 is 0. The number of carbonyl (C=O) groups excluding carboxylic acids is 2. The third kappa shape index (κ3) is 5.47. The molecule has 0 aliphatic rings. The smallest absolute Gasteiger partial charge is 0.252 e. The minimum absolute atomic E-state index is 0.294. The van der Waals surface area contributed by atoms with E-state index < -0.39 is 11.6 Å². The normalized spacial score (nSPS) is 11.7. The van der Waals surface area contributed by atoms with Crippen molar-refractivity contribution >= 4 is 11.8 Å². The summed E-state index contributed by atoms with van der Waals surface area (Å²) in [5, 5.41) is 14.9. The predicted octanol–water partition coefficient (Wildman–Crippen LogP) is 2.03. The van der Waals surface area contributed by atoms with Crippen molar-refractivity contribution in [1.82, 2.24) is 10.6 Å². The first-order valence-corrected chi connectivity index (χ1v) is 8.23. The maximum Gasteiger partial charge on any atom is 0.252 e. The van der Waals surface area contributed by atoms with Crippen LogP contribution in [0.25, 0.3) is 0 Å². The summed E-state index contributed by atoms with van der Waals surface area (Å²) in [4.78, 5) is 24.7. The van der Waals surface area contributed by atoms with Gasteiger partial charge in [0.1, 0.15) is 11.6 Å². The Hall–Kier alpha value is -3.10. The number of likely N-dealkylation sites (N-methyl/N-ethyl adjacent to an activating group) is 1. The Labute approximate surface area is 153 Å². The Balaban J connectivity index is 2.16. The fraction of sp³-hybridized carbons (Fsp3) is 0.238. The van der Waals surface area contributed by atoms with Gasteiger partial charge in [0.2, 0.25) is 5.91 Å². The van der Waals surface area contributed by atoms with Gasteiger partial charge in [-0.1, -0.05) is 42.2 Å². The summed E-state index contributed by atoms with van der Waals surface area (Å²) in [5.41, 5.74) is 0.734. The van der Waals surface area contributed by atoms with Gasteiger partial charge in [0.15, 0.2) is 0 Å². The fourth-order valence-corrected chi connectivity index (χ4v) is 2.23. The number of hydrogen-bond donors (Lipinski definition) is 3. The molecule has 2 rings (SSSR count). The van der Waals surface area contributed by atoms with Gasteiger partial charge in [-0.15, -0.1) is 0 Å². The predicted molar refractivity (Wildman–Crippen MR) is 100 cm³/mol. The number of benzene rings is 2. The highest BCUT2D eigenvalue weighted by Gasteiger charge is 2.22. The van der Waals surface area contributed by atoms with Gasteiger partial charge in [-0.25, -0.2) is 0 Å². The standard InChI is InChI=1S/C21H22N2O3/c1-21(2,26)14-13-15-9-11-17(12-10-15)19(24)23-18(20(25)22-3)16-7-5-4-6-8-16/h4-12,18,26H,1-3H3,(H,22,25)(H,23,24)/t18-/m0/s1. The lowest BCUT2D eigenvalue weighted by atomic mass is 10.0. The molecule has 0 bridgehead atoms. The van der Waals surface area contributed by atoms with Crippen molar-refractivity contribution in [3.8, 4) is 11.8 Å². The topological polar surface area (TPSA) is 78.4 Å². The molecule has 0 aliphatic heterocycles. The van der Waals surface area contributed by atoms with Crippen LogP contribution < -0.4 is 10.6 Å². The van der Waals surface area contributed by atoms with Crippen LogP contribution in [0.1, 0.15) is 41.4 Å². The average molecular weight is 350 g/mol. The first kappa shape index (κ1) is 19.2. The van der Waals surface area contributed by atoms with E-state index in [0.29, 0.717) is 16.7 Å². The minimum Gasteiger partial charge on any atom is -0.378 e. The summed E-state index contributed by atoms with van der Waals surface area (Å²) in [6, 6.07) is 14.9. The molecule has 0 fully saturated rings. The molecule has 134 valence electrons. The van der Waals surface area contributed by atoms with E-state index in [1.54, 1.807) is 50.2 Å². The van der Waals surface area contributed by atoms with Crippen LogP contribution in [0.15, 0.2) is 54.6 Å². The van der Waals surface area contributed by atoms with Gasteiger partial charge in [-0.3, -0.25) is 9.59 Å². The van der Waals surface area contributed by atoms with Crippen molar-refractivity contribution in [1.29, 1.82) is 0 Å². The van der Waals surface area contributed by atoms with E-state index in [2.05, 4.69) is 22.5 Å². The molecule has 26 heavy (non-hydrogen) atoms. The molecule has 0 radical (unpaired) electrons. The van der Waals surface area contributed by atoms with E-state index in [-0.39, 0.29) is 11.8 Å². The average Bonchev–Trinajstić information content (AvgIpc) is 2.64. The van der Waals surface area contributed by atoms with Crippen LogP contribution in [0, 0.1) is 11.8 Å². The molecule has 2 amide bonds. The molecule has 5 heteroatoms. The van der Waals surface area contributed by atoms with Crippen LogP contribution in [-0.4, -0.2) is 29.6 Å². The first-order valence-electron chi connectivity index (χ1n) is 8.23. The van der Waals surface area contributed by atoms with E-state index in [1.165, 1.54) is 7.05 Å². The van der Waals surface area contributed by atoms with Crippen molar-refractivity contribution in [2.75, 3.05) is 7.05 Å². The minimum atomic E-state index is -1.08. The number of amides is 2. The maximum atomic E-state index is 12.5. The molecule has 0 spiro atoms. The molecule has 1 atom stereocenters. The summed E-state index contributed by atoms with van der Waals surface area (Å²) in [6.45, 7) is 3.20. The van der Waals surface area contributed by atoms with Gasteiger partial charge in [0, 0.05) is 18.2 Å². The largest absolute Gasteiger partial charge is 0.378 e. The Morgan fingerprint density at radius 2 is 1.65 bits per heavy atom. The van der Waals surface area contributed by atoms with Crippen LogP contribution >= 0.6 is 0 Å². The molecule has 3 N–H and O–H groups in total. The van der Waals surface area contributed by atoms with Gasteiger partial charge in [-0.05, 0) is 43.7 Å². The molecule has 5 nitrogen and oxygen atoms in total. The Morgan fingerprint density at radius 3 is 2.19 bits per heavy atom. The number of nitrogens with one attached hydrogen (secondary N) is 2. The van der Waals surface area contributed by atoms with Crippen molar-refractivity contribution in [2.24, 2.45) is 0 Å². The number of aliphatic hydroxyl groups is 1. The zero-order chi connectivity index (χ0) is 19.2. The molecule has 0 saturated heterocycles. The summed E-state index contributed by atoms with van der Waals surface area (Å²) >= 11 is 0. The summed E-state index contributed by atoms with van der Waals surface area (Å²) in [6.07, 6.45) is 0. The lowest BCUT2D eigenvalue weighted by molar-refractivity contribution is -0.122. The Morgan fingerprint density at radius 1 is 1.04 bits per heavy atom. The van der Waals surface area contributed by atoms with Crippen LogP contribution in [-0.2, 0) is 4.79 Å². The molecule has 0 aromatic heterocycles. The van der Waals surface area contributed by atoms with Crippen LogP contribution in [0.5, 0.6) is 0 Å². The lowest BCUT2D eigenvalue weighted by Crippen LogP contribution is -2.39. The highest BCUT2D eigenvalue weighted by molar-refractivity contribution is 5.97. The quantitative estimate of drug-likeness (QED) is 0.738. The Bertz CT molecular complexity index is 826. The second-order valence-electron chi connectivity index (χ2n) is 6.32. The number of hydrogen-bond acceptors (Lipinski definition) is 3. The number of rotatable bonds is 4. The molecule has 0 aliphatic carbocycles. The second-order valence-corrected chi connectivity index (χ2v) is 6.32. The zero-order valence-electron chi connectivity index (χ0n) is 15.0. The molecule has 0 unspecified atom stereocenters. The molecular formula is C21H22N2O3. The van der Waals surface area contributed by atoms with Gasteiger partial charge < -0.3 is 15.7 Å². The summed E-state index contributed by atoms with van der Waals surface area (Å²) in [7, 11) is 1.53. The van der Waals surface area contributed by atoms with Crippen molar-refractivity contribution in [3.63, 3.8) is 0 Å². The van der Waals surface area contributed by atoms with E-state index in [9.17, 15) is 14.7 Å². The van der Waals surface area contributed by atoms with Crippen LogP contribution in [0.2, 0.25) is 0 Å². The van der Waals surface area contributed by atoms with Crippen LogP contribution in [0.3, 0.4) is 0 Å². The van der Waals surface area contributed by atoms with E-state index in [4.69, 9.17) is 0 Å². The first-order chi connectivity index (χ1) is 12.3. The third-order valence-electron chi connectivity index (χ3n) is 3.58. The van der Waals surface area contributed by atoms with Gasteiger partial charge >= 0.3 is 0 Å².